The Hall–Kier alpha value is -1.24. The third-order valence-corrected chi connectivity index (χ3v) is 6.26. The summed E-state index contributed by atoms with van der Waals surface area (Å²) < 4.78 is 5.47. The number of hydrogen-bond donors (Lipinski definition) is 1. The highest BCUT2D eigenvalue weighted by Gasteiger charge is 2.29. The standard InChI is InChI=1S/C17H24N4OS/c1-17(2,21-6-8-22-9-7-21)10-18-15-14-12-4-3-5-13(12)23-16(14)20-11-19-15/h11H,3-10H2,1-2H3,(H,18,19,20). The summed E-state index contributed by atoms with van der Waals surface area (Å²) in [6, 6.07) is 0. The molecule has 0 bridgehead atoms. The van der Waals surface area contributed by atoms with Crippen molar-refractivity contribution in [1.82, 2.24) is 14.9 Å². The van der Waals surface area contributed by atoms with Gasteiger partial charge in [-0.3, -0.25) is 4.90 Å². The molecule has 1 aliphatic heterocycles. The van der Waals surface area contributed by atoms with Gasteiger partial charge in [0.05, 0.1) is 18.6 Å². The van der Waals surface area contributed by atoms with E-state index in [-0.39, 0.29) is 5.54 Å². The molecule has 4 rings (SSSR count). The molecule has 0 aromatic carbocycles. The fourth-order valence-electron chi connectivity index (χ4n) is 3.64. The lowest BCUT2D eigenvalue weighted by atomic mass is 10.0. The van der Waals surface area contributed by atoms with Gasteiger partial charge in [0.2, 0.25) is 0 Å². The molecule has 0 radical (unpaired) electrons. The summed E-state index contributed by atoms with van der Waals surface area (Å²) in [6.07, 6.45) is 5.34. The van der Waals surface area contributed by atoms with Gasteiger partial charge in [-0.2, -0.15) is 0 Å². The van der Waals surface area contributed by atoms with Gasteiger partial charge in [-0.1, -0.05) is 0 Å². The minimum Gasteiger partial charge on any atom is -0.379 e. The molecule has 3 heterocycles. The second-order valence-electron chi connectivity index (χ2n) is 7.03. The van der Waals surface area contributed by atoms with Crippen molar-refractivity contribution in [3.8, 4) is 0 Å². The number of anilines is 1. The average molecular weight is 332 g/mol. The molecular weight excluding hydrogens is 308 g/mol. The lowest BCUT2D eigenvalue weighted by Gasteiger charge is -2.41. The van der Waals surface area contributed by atoms with E-state index in [4.69, 9.17) is 4.74 Å². The normalized spacial score (nSPS) is 19.2. The number of aromatic nitrogens is 2. The van der Waals surface area contributed by atoms with E-state index in [0.29, 0.717) is 0 Å². The Labute approximate surface area is 141 Å². The molecule has 124 valence electrons. The van der Waals surface area contributed by atoms with Gasteiger partial charge in [0.1, 0.15) is 17.0 Å². The van der Waals surface area contributed by atoms with Crippen LogP contribution >= 0.6 is 11.3 Å². The number of hydrogen-bond acceptors (Lipinski definition) is 6. The van der Waals surface area contributed by atoms with Gasteiger partial charge in [-0.15, -0.1) is 11.3 Å². The van der Waals surface area contributed by atoms with Crippen molar-refractivity contribution in [2.45, 2.75) is 38.6 Å². The van der Waals surface area contributed by atoms with Gasteiger partial charge in [0, 0.05) is 30.1 Å². The molecule has 2 aromatic rings. The Bertz CT molecular complexity index is 706. The smallest absolute Gasteiger partial charge is 0.138 e. The Morgan fingerprint density at radius 3 is 2.91 bits per heavy atom. The summed E-state index contributed by atoms with van der Waals surface area (Å²) in [5, 5.41) is 4.88. The number of nitrogens with zero attached hydrogens (tertiary/aromatic N) is 3. The molecule has 5 nitrogen and oxygen atoms in total. The van der Waals surface area contributed by atoms with Crippen LogP contribution in [0.1, 0.15) is 30.7 Å². The molecule has 0 spiro atoms. The third-order valence-electron chi connectivity index (χ3n) is 5.06. The predicted molar refractivity (Wildman–Crippen MR) is 94.4 cm³/mol. The fourth-order valence-corrected chi connectivity index (χ4v) is 4.87. The minimum atomic E-state index is 0.0836. The van der Waals surface area contributed by atoms with Crippen molar-refractivity contribution in [1.29, 1.82) is 0 Å². The number of morpholine rings is 1. The van der Waals surface area contributed by atoms with Crippen molar-refractivity contribution in [3.05, 3.63) is 16.8 Å². The lowest BCUT2D eigenvalue weighted by molar-refractivity contribution is -0.00569. The SMILES string of the molecule is CC(C)(CNc1ncnc2sc3c(c12)CCC3)N1CCOCC1. The molecule has 0 saturated carbocycles. The highest BCUT2D eigenvalue weighted by Crippen LogP contribution is 2.39. The molecule has 0 amide bonds. The zero-order valence-corrected chi connectivity index (χ0v) is 14.7. The van der Waals surface area contributed by atoms with Gasteiger partial charge in [0.25, 0.3) is 0 Å². The molecule has 1 aliphatic carbocycles. The molecule has 2 aliphatic rings. The summed E-state index contributed by atoms with van der Waals surface area (Å²) in [5.41, 5.74) is 1.57. The fraction of sp³-hybridized carbons (Fsp3) is 0.647. The van der Waals surface area contributed by atoms with Crippen molar-refractivity contribution >= 4 is 27.4 Å². The largest absolute Gasteiger partial charge is 0.379 e. The Kier molecular flexibility index (Phi) is 3.99. The number of rotatable bonds is 4. The molecular formula is C17H24N4OS. The van der Waals surface area contributed by atoms with Gasteiger partial charge < -0.3 is 10.1 Å². The number of ether oxygens (including phenoxy) is 1. The van der Waals surface area contributed by atoms with Crippen LogP contribution in [0.25, 0.3) is 10.2 Å². The maximum absolute atomic E-state index is 5.47. The van der Waals surface area contributed by atoms with E-state index >= 15 is 0 Å². The van der Waals surface area contributed by atoms with E-state index in [9.17, 15) is 0 Å². The predicted octanol–water partition coefficient (Wildman–Crippen LogP) is 2.70. The highest BCUT2D eigenvalue weighted by atomic mass is 32.1. The van der Waals surface area contributed by atoms with E-state index in [1.165, 1.54) is 35.1 Å². The first kappa shape index (κ1) is 15.3. The number of thiophene rings is 1. The number of nitrogens with one attached hydrogen (secondary N) is 1. The Morgan fingerprint density at radius 1 is 1.26 bits per heavy atom. The second-order valence-corrected chi connectivity index (χ2v) is 8.11. The maximum Gasteiger partial charge on any atom is 0.138 e. The molecule has 1 N–H and O–H groups in total. The highest BCUT2D eigenvalue weighted by molar-refractivity contribution is 7.19. The Balaban J connectivity index is 1.56. The number of fused-ring (bicyclic) bond motifs is 3. The topological polar surface area (TPSA) is 50.3 Å². The summed E-state index contributed by atoms with van der Waals surface area (Å²) >= 11 is 1.84. The molecule has 1 fully saturated rings. The molecule has 0 unspecified atom stereocenters. The van der Waals surface area contributed by atoms with Crippen LogP contribution < -0.4 is 5.32 Å². The van der Waals surface area contributed by atoms with Gasteiger partial charge in [-0.05, 0) is 38.7 Å². The first-order chi connectivity index (χ1) is 11.1. The van der Waals surface area contributed by atoms with Crippen LogP contribution in [-0.4, -0.2) is 53.3 Å². The summed E-state index contributed by atoms with van der Waals surface area (Å²) in [6.45, 7) is 9.13. The summed E-state index contributed by atoms with van der Waals surface area (Å²) in [4.78, 5) is 14.2. The summed E-state index contributed by atoms with van der Waals surface area (Å²) in [5.74, 6) is 1.01. The van der Waals surface area contributed by atoms with Crippen LogP contribution in [0.15, 0.2) is 6.33 Å². The first-order valence-corrected chi connectivity index (χ1v) is 9.29. The van der Waals surface area contributed by atoms with E-state index < -0.39 is 0 Å². The van der Waals surface area contributed by atoms with Crippen molar-refractivity contribution in [2.75, 3.05) is 38.2 Å². The van der Waals surface area contributed by atoms with E-state index in [1.807, 2.05) is 11.3 Å². The summed E-state index contributed by atoms with van der Waals surface area (Å²) in [7, 11) is 0. The number of aryl methyl sites for hydroxylation is 2. The average Bonchev–Trinajstić information content (AvgIpc) is 3.14. The van der Waals surface area contributed by atoms with E-state index in [1.54, 1.807) is 6.33 Å². The van der Waals surface area contributed by atoms with Crippen LogP contribution in [0.3, 0.4) is 0 Å². The van der Waals surface area contributed by atoms with Crippen molar-refractivity contribution in [3.63, 3.8) is 0 Å². The first-order valence-electron chi connectivity index (χ1n) is 8.47. The molecule has 0 atom stereocenters. The quantitative estimate of drug-likeness (QED) is 0.933. The molecule has 23 heavy (non-hydrogen) atoms. The van der Waals surface area contributed by atoms with E-state index in [0.717, 1.165) is 43.5 Å². The maximum atomic E-state index is 5.47. The van der Waals surface area contributed by atoms with E-state index in [2.05, 4.69) is 34.0 Å². The lowest BCUT2D eigenvalue weighted by Crippen LogP contribution is -2.53. The van der Waals surface area contributed by atoms with Gasteiger partial charge >= 0.3 is 0 Å². The van der Waals surface area contributed by atoms with Crippen molar-refractivity contribution in [2.24, 2.45) is 0 Å². The van der Waals surface area contributed by atoms with Crippen LogP contribution in [-0.2, 0) is 17.6 Å². The van der Waals surface area contributed by atoms with Crippen LogP contribution in [0.5, 0.6) is 0 Å². The second kappa shape index (κ2) is 6.00. The monoisotopic (exact) mass is 332 g/mol. The zero-order valence-electron chi connectivity index (χ0n) is 13.9. The zero-order chi connectivity index (χ0) is 15.9. The molecule has 2 aromatic heterocycles. The van der Waals surface area contributed by atoms with Crippen molar-refractivity contribution < 1.29 is 4.74 Å². The van der Waals surface area contributed by atoms with Crippen LogP contribution in [0.4, 0.5) is 5.82 Å². The Morgan fingerprint density at radius 2 is 2.09 bits per heavy atom. The molecule has 1 saturated heterocycles. The molecule has 6 heteroatoms. The van der Waals surface area contributed by atoms with Crippen LogP contribution in [0.2, 0.25) is 0 Å². The van der Waals surface area contributed by atoms with Gasteiger partial charge in [-0.25, -0.2) is 9.97 Å². The van der Waals surface area contributed by atoms with Crippen LogP contribution in [0, 0.1) is 0 Å². The minimum absolute atomic E-state index is 0.0836. The third kappa shape index (κ3) is 2.84. The van der Waals surface area contributed by atoms with Gasteiger partial charge in [0.15, 0.2) is 0 Å².